The summed E-state index contributed by atoms with van der Waals surface area (Å²) < 4.78 is 12.1. The molecule has 8 nitrogen and oxygen atoms in total. The standard InChI is InChI=1S/C21H22BrN5O3S/c1-3-29-17-8-14(10-24-27-21-26-19(23)12-31-21)16(22)9-18(17)30-11-20(28)25-15-6-4-13(2)5-7-15/h4-10,12H,3,11,23H2,1-2H3,(H,25,28)(H,26,27). The fourth-order valence-electron chi connectivity index (χ4n) is 2.50. The zero-order chi connectivity index (χ0) is 22.2. The van der Waals surface area contributed by atoms with E-state index in [9.17, 15) is 4.79 Å². The van der Waals surface area contributed by atoms with E-state index in [2.05, 4.69) is 36.8 Å². The van der Waals surface area contributed by atoms with Crippen LogP contribution in [0.4, 0.5) is 16.6 Å². The quantitative estimate of drug-likeness (QED) is 0.289. The van der Waals surface area contributed by atoms with Crippen LogP contribution >= 0.6 is 27.3 Å². The number of carbonyl (C=O) groups excluding carboxylic acids is 1. The Morgan fingerprint density at radius 2 is 2.00 bits per heavy atom. The van der Waals surface area contributed by atoms with E-state index < -0.39 is 0 Å². The van der Waals surface area contributed by atoms with E-state index in [4.69, 9.17) is 15.2 Å². The Hall–Kier alpha value is -3.11. The third-order valence-corrected chi connectivity index (χ3v) is 5.39. The minimum Gasteiger partial charge on any atom is -0.490 e. The van der Waals surface area contributed by atoms with Crippen molar-refractivity contribution in [3.05, 3.63) is 57.4 Å². The van der Waals surface area contributed by atoms with E-state index >= 15 is 0 Å². The number of ether oxygens (including phenoxy) is 2. The first-order chi connectivity index (χ1) is 14.9. The molecule has 0 saturated heterocycles. The molecule has 0 fully saturated rings. The molecule has 0 saturated carbocycles. The monoisotopic (exact) mass is 503 g/mol. The van der Waals surface area contributed by atoms with E-state index in [-0.39, 0.29) is 12.5 Å². The van der Waals surface area contributed by atoms with Crippen molar-refractivity contribution in [3.63, 3.8) is 0 Å². The van der Waals surface area contributed by atoms with Gasteiger partial charge >= 0.3 is 0 Å². The highest BCUT2D eigenvalue weighted by Crippen LogP contribution is 2.33. The number of nitrogens with zero attached hydrogens (tertiary/aromatic N) is 2. The van der Waals surface area contributed by atoms with Crippen LogP contribution in [0, 0.1) is 6.92 Å². The second-order valence-electron chi connectivity index (χ2n) is 6.40. The number of hydrogen-bond donors (Lipinski definition) is 3. The fraction of sp³-hybridized carbons (Fsp3) is 0.190. The topological polar surface area (TPSA) is 111 Å². The molecule has 0 aliphatic rings. The molecule has 3 aromatic rings. The summed E-state index contributed by atoms with van der Waals surface area (Å²) in [6.07, 6.45) is 1.62. The Balaban J connectivity index is 1.66. The number of halogens is 1. The van der Waals surface area contributed by atoms with Crippen LogP contribution in [0.5, 0.6) is 11.5 Å². The fourth-order valence-corrected chi connectivity index (χ4v) is 3.48. The lowest BCUT2D eigenvalue weighted by molar-refractivity contribution is -0.118. The minimum absolute atomic E-state index is 0.152. The molecule has 0 spiro atoms. The highest BCUT2D eigenvalue weighted by Gasteiger charge is 2.12. The van der Waals surface area contributed by atoms with Crippen LogP contribution < -0.4 is 25.9 Å². The van der Waals surface area contributed by atoms with Crippen molar-refractivity contribution in [2.24, 2.45) is 5.10 Å². The lowest BCUT2D eigenvalue weighted by atomic mass is 10.2. The molecule has 0 atom stereocenters. The van der Waals surface area contributed by atoms with Gasteiger partial charge in [0.1, 0.15) is 5.82 Å². The van der Waals surface area contributed by atoms with E-state index in [1.54, 1.807) is 23.7 Å². The molecule has 31 heavy (non-hydrogen) atoms. The van der Waals surface area contributed by atoms with E-state index in [1.807, 2.05) is 38.1 Å². The lowest BCUT2D eigenvalue weighted by Gasteiger charge is -2.14. The smallest absolute Gasteiger partial charge is 0.262 e. The summed E-state index contributed by atoms with van der Waals surface area (Å²) >= 11 is 4.86. The van der Waals surface area contributed by atoms with Crippen molar-refractivity contribution < 1.29 is 14.3 Å². The molecule has 162 valence electrons. The van der Waals surface area contributed by atoms with Crippen molar-refractivity contribution in [1.82, 2.24) is 4.98 Å². The normalized spacial score (nSPS) is 10.8. The SMILES string of the molecule is CCOc1cc(C=NNc2nc(N)cs2)c(Br)cc1OCC(=O)Nc1ccc(C)cc1. The number of amides is 1. The number of rotatable bonds is 9. The van der Waals surface area contributed by atoms with Crippen molar-refractivity contribution in [2.75, 3.05) is 29.7 Å². The molecule has 0 radical (unpaired) electrons. The van der Waals surface area contributed by atoms with Crippen molar-refractivity contribution in [2.45, 2.75) is 13.8 Å². The van der Waals surface area contributed by atoms with Crippen LogP contribution in [0.2, 0.25) is 0 Å². The first-order valence-corrected chi connectivity index (χ1v) is 11.1. The molecule has 4 N–H and O–H groups in total. The number of aryl methyl sites for hydroxylation is 1. The average molecular weight is 504 g/mol. The van der Waals surface area contributed by atoms with Gasteiger partial charge in [0.2, 0.25) is 5.13 Å². The van der Waals surface area contributed by atoms with E-state index in [1.165, 1.54) is 11.3 Å². The number of benzene rings is 2. The van der Waals surface area contributed by atoms with Gasteiger partial charge in [-0.1, -0.05) is 17.7 Å². The number of nitrogens with two attached hydrogens (primary N) is 1. The molecule has 10 heteroatoms. The van der Waals surface area contributed by atoms with Gasteiger partial charge in [-0.15, -0.1) is 11.3 Å². The Morgan fingerprint density at radius 3 is 2.68 bits per heavy atom. The van der Waals surface area contributed by atoms with Gasteiger partial charge in [-0.25, -0.2) is 4.98 Å². The first kappa shape index (κ1) is 22.6. The van der Waals surface area contributed by atoms with Gasteiger partial charge in [-0.05, 0) is 54.0 Å². The predicted molar refractivity (Wildman–Crippen MR) is 128 cm³/mol. The number of hydrogen-bond acceptors (Lipinski definition) is 8. The van der Waals surface area contributed by atoms with Crippen LogP contribution in [0.3, 0.4) is 0 Å². The molecule has 1 heterocycles. The molecule has 0 unspecified atom stereocenters. The highest BCUT2D eigenvalue weighted by atomic mass is 79.9. The van der Waals surface area contributed by atoms with Gasteiger partial charge in [-0.3, -0.25) is 10.2 Å². The third kappa shape index (κ3) is 6.69. The second kappa shape index (κ2) is 10.8. The molecule has 0 aliphatic heterocycles. The van der Waals surface area contributed by atoms with Gasteiger partial charge in [0, 0.05) is 21.1 Å². The maximum atomic E-state index is 12.2. The molecule has 3 rings (SSSR count). The van der Waals surface area contributed by atoms with E-state index in [0.717, 1.165) is 15.6 Å². The molecule has 0 aliphatic carbocycles. The van der Waals surface area contributed by atoms with Gasteiger partial charge < -0.3 is 20.5 Å². The minimum atomic E-state index is -0.264. The Bertz CT molecular complexity index is 1070. The number of anilines is 3. The number of hydrazone groups is 1. The molecule has 1 aromatic heterocycles. The van der Waals surface area contributed by atoms with Crippen LogP contribution in [-0.2, 0) is 4.79 Å². The summed E-state index contributed by atoms with van der Waals surface area (Å²) in [5, 5.41) is 9.29. The highest BCUT2D eigenvalue weighted by molar-refractivity contribution is 9.10. The number of thiazole rings is 1. The van der Waals surface area contributed by atoms with Gasteiger partial charge in [0.05, 0.1) is 12.8 Å². The van der Waals surface area contributed by atoms with Crippen LogP contribution in [-0.4, -0.2) is 30.3 Å². The van der Waals surface area contributed by atoms with Gasteiger partial charge in [-0.2, -0.15) is 5.10 Å². The van der Waals surface area contributed by atoms with Crippen LogP contribution in [0.1, 0.15) is 18.1 Å². The molecule has 1 amide bonds. The summed E-state index contributed by atoms with van der Waals surface area (Å²) in [5.74, 6) is 1.13. The summed E-state index contributed by atoms with van der Waals surface area (Å²) in [7, 11) is 0. The van der Waals surface area contributed by atoms with Crippen molar-refractivity contribution >= 4 is 56.0 Å². The Morgan fingerprint density at radius 1 is 1.26 bits per heavy atom. The zero-order valence-electron chi connectivity index (χ0n) is 17.0. The van der Waals surface area contributed by atoms with Crippen molar-refractivity contribution in [3.8, 4) is 11.5 Å². The Kier molecular flexibility index (Phi) is 7.85. The first-order valence-electron chi connectivity index (χ1n) is 9.40. The lowest BCUT2D eigenvalue weighted by Crippen LogP contribution is -2.20. The Labute approximate surface area is 192 Å². The third-order valence-electron chi connectivity index (χ3n) is 3.94. The number of nitrogen functional groups attached to an aromatic ring is 1. The number of aromatic nitrogens is 1. The average Bonchev–Trinajstić information content (AvgIpc) is 3.16. The van der Waals surface area contributed by atoms with Crippen LogP contribution in [0.25, 0.3) is 0 Å². The zero-order valence-corrected chi connectivity index (χ0v) is 19.4. The maximum absolute atomic E-state index is 12.2. The van der Waals surface area contributed by atoms with Gasteiger partial charge in [0.25, 0.3) is 5.91 Å². The molecule has 0 bridgehead atoms. The summed E-state index contributed by atoms with van der Waals surface area (Å²) in [5.41, 5.74) is 11.0. The number of carbonyl (C=O) groups is 1. The maximum Gasteiger partial charge on any atom is 0.262 e. The second-order valence-corrected chi connectivity index (χ2v) is 8.12. The predicted octanol–water partition coefficient (Wildman–Crippen LogP) is 4.66. The van der Waals surface area contributed by atoms with Crippen LogP contribution in [0.15, 0.2) is 51.4 Å². The number of nitrogens with one attached hydrogen (secondary N) is 2. The van der Waals surface area contributed by atoms with Crippen molar-refractivity contribution in [1.29, 1.82) is 0 Å². The van der Waals surface area contributed by atoms with Gasteiger partial charge in [0.15, 0.2) is 18.1 Å². The molecular formula is C21H22BrN5O3S. The molecule has 2 aromatic carbocycles. The van der Waals surface area contributed by atoms with E-state index in [0.29, 0.717) is 34.7 Å². The summed E-state index contributed by atoms with van der Waals surface area (Å²) in [6.45, 7) is 4.15. The largest absolute Gasteiger partial charge is 0.490 e. The molecular weight excluding hydrogens is 482 g/mol. The summed E-state index contributed by atoms with van der Waals surface area (Å²) in [6, 6.07) is 11.1. The summed E-state index contributed by atoms with van der Waals surface area (Å²) in [4.78, 5) is 16.3.